The van der Waals surface area contributed by atoms with Gasteiger partial charge in [-0.15, -0.1) is 11.8 Å². The molecular formula is C24H33N3O4S2. The van der Waals surface area contributed by atoms with Crippen molar-refractivity contribution in [3.05, 3.63) is 42.1 Å². The molecular weight excluding hydrogens is 458 g/mol. The van der Waals surface area contributed by atoms with E-state index in [1.54, 1.807) is 6.20 Å². The number of hydrogen-bond donors (Lipinski definition) is 2. The summed E-state index contributed by atoms with van der Waals surface area (Å²) in [6.07, 6.45) is 6.50. The molecule has 0 radical (unpaired) electrons. The minimum absolute atomic E-state index is 0.0221. The number of aromatic nitrogens is 1. The number of thiazole rings is 1. The molecule has 2 aromatic rings. The summed E-state index contributed by atoms with van der Waals surface area (Å²) >= 11 is 2.51. The van der Waals surface area contributed by atoms with Gasteiger partial charge < -0.3 is 14.7 Å². The van der Waals surface area contributed by atoms with E-state index in [1.807, 2.05) is 23.1 Å². The predicted molar refractivity (Wildman–Crippen MR) is 133 cm³/mol. The minimum Gasteiger partial charge on any atom is -0.481 e. The van der Waals surface area contributed by atoms with Gasteiger partial charge in [-0.05, 0) is 43.6 Å². The number of carboxylic acid groups (broad SMARTS) is 1. The number of nitrogens with zero attached hydrogens (tertiary/aromatic N) is 2. The molecule has 0 aliphatic heterocycles. The summed E-state index contributed by atoms with van der Waals surface area (Å²) in [5.74, 6) is -0.391. The molecule has 1 aliphatic carbocycles. The first-order valence-corrected chi connectivity index (χ1v) is 13.2. The fraction of sp³-hybridized carbons (Fsp3) is 0.542. The van der Waals surface area contributed by atoms with Gasteiger partial charge in [-0.1, -0.05) is 55.5 Å². The van der Waals surface area contributed by atoms with E-state index in [1.165, 1.54) is 28.7 Å². The number of ether oxygens (including phenoxy) is 1. The first-order valence-electron chi connectivity index (χ1n) is 11.4. The standard InChI is InChI=1S/C24H33N3O4S2/c1-17(2)12-13-27(24(30)26-23-25-14-22(33-23)32-16-21(28)29)19-8-10-20(11-9-19)31-15-18-6-4-3-5-7-18/h3-7,14,17,19-20H,8-13,15-16H2,1-2H3,(H,28,29)(H,25,26,30)/t19-,20-. The van der Waals surface area contributed by atoms with E-state index in [9.17, 15) is 9.59 Å². The van der Waals surface area contributed by atoms with Gasteiger partial charge in [-0.2, -0.15) is 0 Å². The van der Waals surface area contributed by atoms with Gasteiger partial charge in [0.2, 0.25) is 0 Å². The zero-order valence-corrected chi connectivity index (χ0v) is 20.9. The summed E-state index contributed by atoms with van der Waals surface area (Å²) in [5, 5.41) is 12.3. The van der Waals surface area contributed by atoms with Crippen molar-refractivity contribution < 1.29 is 19.4 Å². The van der Waals surface area contributed by atoms with Crippen LogP contribution in [0.3, 0.4) is 0 Å². The second-order valence-electron chi connectivity index (χ2n) is 8.70. The van der Waals surface area contributed by atoms with Gasteiger partial charge in [0.1, 0.15) is 0 Å². The van der Waals surface area contributed by atoms with Crippen LogP contribution in [0.25, 0.3) is 0 Å². The molecule has 1 saturated carbocycles. The first kappa shape index (κ1) is 25.5. The maximum Gasteiger partial charge on any atom is 0.323 e. The predicted octanol–water partition coefficient (Wildman–Crippen LogP) is 5.73. The third-order valence-corrected chi connectivity index (χ3v) is 7.75. The number of rotatable bonds is 11. The monoisotopic (exact) mass is 491 g/mol. The Hall–Kier alpha value is -2.10. The van der Waals surface area contributed by atoms with Crippen LogP contribution in [0.15, 0.2) is 40.7 Å². The number of carboxylic acids is 1. The van der Waals surface area contributed by atoms with E-state index in [0.29, 0.717) is 24.2 Å². The van der Waals surface area contributed by atoms with Gasteiger partial charge in [0.05, 0.1) is 28.9 Å². The van der Waals surface area contributed by atoms with Gasteiger partial charge in [-0.25, -0.2) is 9.78 Å². The van der Waals surface area contributed by atoms with E-state index in [-0.39, 0.29) is 23.9 Å². The average Bonchev–Trinajstić information content (AvgIpc) is 3.25. The van der Waals surface area contributed by atoms with Crippen molar-refractivity contribution in [3.63, 3.8) is 0 Å². The second kappa shape index (κ2) is 13.0. The molecule has 2 amide bonds. The van der Waals surface area contributed by atoms with Crippen LogP contribution in [0.5, 0.6) is 0 Å². The van der Waals surface area contributed by atoms with Gasteiger partial charge in [0.25, 0.3) is 0 Å². The number of nitrogens with one attached hydrogen (secondary N) is 1. The van der Waals surface area contributed by atoms with E-state index in [4.69, 9.17) is 9.84 Å². The third kappa shape index (κ3) is 8.64. The number of hydrogen-bond acceptors (Lipinski definition) is 6. The lowest BCUT2D eigenvalue weighted by Gasteiger charge is -2.37. The fourth-order valence-corrected chi connectivity index (χ4v) is 5.42. The maximum absolute atomic E-state index is 13.1. The Morgan fingerprint density at radius 1 is 1.24 bits per heavy atom. The summed E-state index contributed by atoms with van der Waals surface area (Å²) in [7, 11) is 0. The van der Waals surface area contributed by atoms with Gasteiger partial charge in [0.15, 0.2) is 5.13 Å². The van der Waals surface area contributed by atoms with Crippen LogP contribution >= 0.6 is 23.1 Å². The number of benzene rings is 1. The quantitative estimate of drug-likeness (QED) is 0.390. The molecule has 1 aliphatic rings. The van der Waals surface area contributed by atoms with Crippen LogP contribution in [0.2, 0.25) is 0 Å². The van der Waals surface area contributed by atoms with Crippen molar-refractivity contribution in [2.75, 3.05) is 17.6 Å². The van der Waals surface area contributed by atoms with Crippen LogP contribution in [-0.4, -0.2) is 51.4 Å². The van der Waals surface area contributed by atoms with Crippen LogP contribution in [-0.2, 0) is 16.1 Å². The van der Waals surface area contributed by atoms with Crippen molar-refractivity contribution in [2.45, 2.75) is 68.9 Å². The van der Waals surface area contributed by atoms with Crippen molar-refractivity contribution in [1.29, 1.82) is 0 Å². The molecule has 9 heteroatoms. The summed E-state index contributed by atoms with van der Waals surface area (Å²) < 4.78 is 6.90. The summed E-state index contributed by atoms with van der Waals surface area (Å²) in [6, 6.07) is 10.3. The lowest BCUT2D eigenvalue weighted by Crippen LogP contribution is -2.46. The van der Waals surface area contributed by atoms with Crippen molar-refractivity contribution >= 4 is 40.2 Å². The first-order chi connectivity index (χ1) is 15.9. The molecule has 180 valence electrons. The number of urea groups is 1. The molecule has 2 N–H and O–H groups in total. The largest absolute Gasteiger partial charge is 0.481 e. The van der Waals surface area contributed by atoms with Crippen molar-refractivity contribution in [3.8, 4) is 0 Å². The number of anilines is 1. The van der Waals surface area contributed by atoms with Crippen molar-refractivity contribution in [2.24, 2.45) is 5.92 Å². The Kier molecular flexibility index (Phi) is 10.0. The van der Waals surface area contributed by atoms with Crippen molar-refractivity contribution in [1.82, 2.24) is 9.88 Å². The Balaban J connectivity index is 1.53. The highest BCUT2D eigenvalue weighted by atomic mass is 32.2. The number of carbonyl (C=O) groups is 2. The smallest absolute Gasteiger partial charge is 0.323 e. The normalized spacial score (nSPS) is 18.3. The Morgan fingerprint density at radius 2 is 1.97 bits per heavy atom. The molecule has 0 atom stereocenters. The minimum atomic E-state index is -0.873. The highest BCUT2D eigenvalue weighted by molar-refractivity contribution is 8.01. The van der Waals surface area contributed by atoms with Crippen LogP contribution < -0.4 is 5.32 Å². The van der Waals surface area contributed by atoms with E-state index >= 15 is 0 Å². The number of carbonyl (C=O) groups excluding carboxylic acids is 1. The molecule has 33 heavy (non-hydrogen) atoms. The molecule has 0 saturated heterocycles. The molecule has 0 unspecified atom stereocenters. The topological polar surface area (TPSA) is 91.8 Å². The second-order valence-corrected chi connectivity index (χ2v) is 11.0. The third-order valence-electron chi connectivity index (χ3n) is 5.66. The SMILES string of the molecule is CC(C)CCN(C(=O)Nc1ncc(SCC(=O)O)s1)[C@H]1CC[C@H](OCc2ccccc2)CC1. The zero-order chi connectivity index (χ0) is 23.6. The van der Waals surface area contributed by atoms with Gasteiger partial charge >= 0.3 is 12.0 Å². The number of aliphatic carboxylic acids is 1. The molecule has 3 rings (SSSR count). The molecule has 0 bridgehead atoms. The Bertz CT molecular complexity index is 883. The molecule has 1 fully saturated rings. The Labute approximate surface area is 203 Å². The van der Waals surface area contributed by atoms with E-state index < -0.39 is 5.97 Å². The van der Waals surface area contributed by atoms with Gasteiger partial charge in [-0.3, -0.25) is 10.1 Å². The highest BCUT2D eigenvalue weighted by Crippen LogP contribution is 2.30. The summed E-state index contributed by atoms with van der Waals surface area (Å²) in [6.45, 7) is 5.66. The molecule has 7 nitrogen and oxygen atoms in total. The van der Waals surface area contributed by atoms with Crippen LogP contribution in [0, 0.1) is 5.92 Å². The number of thioether (sulfide) groups is 1. The molecule has 1 aromatic heterocycles. The molecule has 1 heterocycles. The zero-order valence-electron chi connectivity index (χ0n) is 19.2. The average molecular weight is 492 g/mol. The molecule has 1 aromatic carbocycles. The Morgan fingerprint density at radius 3 is 2.64 bits per heavy atom. The fourth-order valence-electron chi connectivity index (χ4n) is 3.84. The summed E-state index contributed by atoms with van der Waals surface area (Å²) in [5.41, 5.74) is 1.18. The maximum atomic E-state index is 13.1. The summed E-state index contributed by atoms with van der Waals surface area (Å²) in [4.78, 5) is 30.1. The highest BCUT2D eigenvalue weighted by Gasteiger charge is 2.29. The number of amides is 2. The lowest BCUT2D eigenvalue weighted by molar-refractivity contribution is -0.133. The molecule has 0 spiro atoms. The van der Waals surface area contributed by atoms with Gasteiger partial charge in [0, 0.05) is 12.6 Å². The van der Waals surface area contributed by atoms with Crippen LogP contribution in [0.1, 0.15) is 51.5 Å². The van der Waals surface area contributed by atoms with E-state index in [0.717, 1.165) is 36.3 Å². The van der Waals surface area contributed by atoms with E-state index in [2.05, 4.69) is 36.3 Å². The lowest BCUT2D eigenvalue weighted by atomic mass is 9.91. The van der Waals surface area contributed by atoms with Crippen LogP contribution in [0.4, 0.5) is 9.93 Å².